The minimum absolute atomic E-state index is 0.136. The van der Waals surface area contributed by atoms with Gasteiger partial charge in [0, 0.05) is 24.0 Å². The first-order valence-corrected chi connectivity index (χ1v) is 11.6. The first-order valence-electron chi connectivity index (χ1n) is 9.28. The minimum atomic E-state index is -3.48. The molecule has 0 aliphatic rings. The average Bonchev–Trinajstić information content (AvgIpc) is 3.39. The Morgan fingerprint density at radius 3 is 2.52 bits per heavy atom. The lowest BCUT2D eigenvalue weighted by molar-refractivity contribution is -0.120. The highest BCUT2D eigenvalue weighted by atomic mass is 32.2. The first kappa shape index (κ1) is 21.2. The van der Waals surface area contributed by atoms with Crippen molar-refractivity contribution >= 4 is 27.3 Å². The standard InChI is InChI=1S/C20H23N3O4S2/c1-3-23(4-2)29(25,26)17-9-7-15(8-10-17)18-14-28-20(22-18)12-19(24)21-13-16-6-5-11-27-16/h5-11,14H,3-4,12-13H2,1-2H3,(H,21,24). The molecule has 1 aromatic carbocycles. The van der Waals surface area contributed by atoms with Gasteiger partial charge in [0.2, 0.25) is 15.9 Å². The zero-order chi connectivity index (χ0) is 20.9. The molecule has 0 radical (unpaired) electrons. The van der Waals surface area contributed by atoms with Crippen LogP contribution in [0.1, 0.15) is 24.6 Å². The second-order valence-corrected chi connectivity index (χ2v) is 9.15. The summed E-state index contributed by atoms with van der Waals surface area (Å²) in [5, 5.41) is 5.35. The lowest BCUT2D eigenvalue weighted by Gasteiger charge is -2.18. The predicted octanol–water partition coefficient (Wildman–Crippen LogP) is 3.29. The van der Waals surface area contributed by atoms with Crippen LogP contribution in [0.15, 0.2) is 57.4 Å². The largest absolute Gasteiger partial charge is 0.467 e. The molecule has 0 atom stereocenters. The van der Waals surface area contributed by atoms with E-state index in [-0.39, 0.29) is 17.2 Å². The van der Waals surface area contributed by atoms with E-state index in [9.17, 15) is 13.2 Å². The molecular weight excluding hydrogens is 410 g/mol. The summed E-state index contributed by atoms with van der Waals surface area (Å²) in [7, 11) is -3.48. The van der Waals surface area contributed by atoms with E-state index >= 15 is 0 Å². The SMILES string of the molecule is CCN(CC)S(=O)(=O)c1ccc(-c2csc(CC(=O)NCc3ccco3)n2)cc1. The van der Waals surface area contributed by atoms with Crippen molar-refractivity contribution in [3.05, 3.63) is 58.8 Å². The Balaban J connectivity index is 1.65. The third-order valence-corrected chi connectivity index (χ3v) is 7.31. The Labute approximate surface area is 174 Å². The molecule has 154 valence electrons. The number of carbonyl (C=O) groups excluding carboxylic acids is 1. The summed E-state index contributed by atoms with van der Waals surface area (Å²) in [6.45, 7) is 4.83. The van der Waals surface area contributed by atoms with Gasteiger partial charge in [0.15, 0.2) is 0 Å². The van der Waals surface area contributed by atoms with Crippen molar-refractivity contribution < 1.29 is 17.6 Å². The monoisotopic (exact) mass is 433 g/mol. The number of aromatic nitrogens is 1. The number of rotatable bonds is 9. The molecule has 29 heavy (non-hydrogen) atoms. The molecule has 0 bridgehead atoms. The van der Waals surface area contributed by atoms with Gasteiger partial charge >= 0.3 is 0 Å². The van der Waals surface area contributed by atoms with Crippen molar-refractivity contribution in [2.45, 2.75) is 31.7 Å². The smallest absolute Gasteiger partial charge is 0.243 e. The zero-order valence-corrected chi connectivity index (χ0v) is 17.9. The number of hydrogen-bond acceptors (Lipinski definition) is 6. The van der Waals surface area contributed by atoms with Crippen molar-refractivity contribution in [2.75, 3.05) is 13.1 Å². The molecule has 0 unspecified atom stereocenters. The molecule has 0 aliphatic heterocycles. The summed E-state index contributed by atoms with van der Waals surface area (Å²) >= 11 is 1.40. The van der Waals surface area contributed by atoms with Crippen LogP contribution in [-0.2, 0) is 27.8 Å². The van der Waals surface area contributed by atoms with Gasteiger partial charge in [-0.2, -0.15) is 4.31 Å². The van der Waals surface area contributed by atoms with Gasteiger partial charge in [0.25, 0.3) is 0 Å². The molecule has 0 aliphatic carbocycles. The van der Waals surface area contributed by atoms with E-state index in [1.807, 2.05) is 19.2 Å². The molecule has 0 saturated carbocycles. The maximum Gasteiger partial charge on any atom is 0.243 e. The topological polar surface area (TPSA) is 92.5 Å². The second kappa shape index (κ2) is 9.34. The molecule has 0 fully saturated rings. The van der Waals surface area contributed by atoms with E-state index in [0.29, 0.717) is 30.4 Å². The molecule has 3 aromatic rings. The van der Waals surface area contributed by atoms with Gasteiger partial charge in [-0.1, -0.05) is 26.0 Å². The maximum absolute atomic E-state index is 12.6. The Kier molecular flexibility index (Phi) is 6.83. The summed E-state index contributed by atoms with van der Waals surface area (Å²) < 4.78 is 31.8. The molecule has 2 aromatic heterocycles. The molecule has 1 N–H and O–H groups in total. The van der Waals surface area contributed by atoms with Crippen LogP contribution in [0.25, 0.3) is 11.3 Å². The summed E-state index contributed by atoms with van der Waals surface area (Å²) in [4.78, 5) is 16.8. The number of nitrogens with zero attached hydrogens (tertiary/aromatic N) is 2. The zero-order valence-electron chi connectivity index (χ0n) is 16.3. The van der Waals surface area contributed by atoms with Crippen LogP contribution >= 0.6 is 11.3 Å². The van der Waals surface area contributed by atoms with E-state index in [0.717, 1.165) is 11.3 Å². The Morgan fingerprint density at radius 2 is 1.90 bits per heavy atom. The summed E-state index contributed by atoms with van der Waals surface area (Å²) in [5.74, 6) is 0.556. The van der Waals surface area contributed by atoms with Gasteiger partial charge in [0.1, 0.15) is 10.8 Å². The number of nitrogens with one attached hydrogen (secondary N) is 1. The summed E-state index contributed by atoms with van der Waals surface area (Å²) in [5.41, 5.74) is 1.53. The fourth-order valence-corrected chi connectivity index (χ4v) is 5.09. The van der Waals surface area contributed by atoms with Gasteiger partial charge in [-0.05, 0) is 24.3 Å². The highest BCUT2D eigenvalue weighted by molar-refractivity contribution is 7.89. The number of carbonyl (C=O) groups is 1. The van der Waals surface area contributed by atoms with Crippen LogP contribution in [0.5, 0.6) is 0 Å². The quantitative estimate of drug-likeness (QED) is 0.559. The minimum Gasteiger partial charge on any atom is -0.467 e. The number of furan rings is 1. The van der Waals surface area contributed by atoms with E-state index in [4.69, 9.17) is 4.42 Å². The first-order chi connectivity index (χ1) is 13.9. The Bertz CT molecular complexity index is 1040. The van der Waals surface area contributed by atoms with Gasteiger partial charge in [0.05, 0.1) is 29.8 Å². The van der Waals surface area contributed by atoms with Crippen LogP contribution in [0.2, 0.25) is 0 Å². The van der Waals surface area contributed by atoms with Crippen LogP contribution in [0.3, 0.4) is 0 Å². The second-order valence-electron chi connectivity index (χ2n) is 6.27. The third kappa shape index (κ3) is 5.11. The van der Waals surface area contributed by atoms with Crippen molar-refractivity contribution in [1.29, 1.82) is 0 Å². The highest BCUT2D eigenvalue weighted by Crippen LogP contribution is 2.25. The number of hydrogen-bond donors (Lipinski definition) is 1. The van der Waals surface area contributed by atoms with E-state index in [2.05, 4.69) is 10.3 Å². The predicted molar refractivity (Wildman–Crippen MR) is 112 cm³/mol. The number of amides is 1. The van der Waals surface area contributed by atoms with Crippen molar-refractivity contribution in [3.8, 4) is 11.3 Å². The molecular formula is C20H23N3O4S2. The Hall–Kier alpha value is -2.49. The van der Waals surface area contributed by atoms with Gasteiger partial charge in [-0.15, -0.1) is 11.3 Å². The maximum atomic E-state index is 12.6. The molecule has 9 heteroatoms. The van der Waals surface area contributed by atoms with Crippen LogP contribution < -0.4 is 5.32 Å². The fourth-order valence-electron chi connectivity index (χ4n) is 2.83. The van der Waals surface area contributed by atoms with Crippen molar-refractivity contribution in [1.82, 2.24) is 14.6 Å². The number of benzene rings is 1. The molecule has 0 spiro atoms. The fraction of sp³-hybridized carbons (Fsp3) is 0.300. The average molecular weight is 434 g/mol. The highest BCUT2D eigenvalue weighted by Gasteiger charge is 2.21. The van der Waals surface area contributed by atoms with E-state index in [1.165, 1.54) is 15.6 Å². The summed E-state index contributed by atoms with van der Waals surface area (Å²) in [6, 6.07) is 10.2. The lowest BCUT2D eigenvalue weighted by atomic mass is 10.2. The van der Waals surface area contributed by atoms with Crippen LogP contribution in [0.4, 0.5) is 0 Å². The van der Waals surface area contributed by atoms with Gasteiger partial charge in [-0.25, -0.2) is 13.4 Å². The van der Waals surface area contributed by atoms with Crippen LogP contribution in [-0.4, -0.2) is 36.7 Å². The normalized spacial score (nSPS) is 11.7. The van der Waals surface area contributed by atoms with E-state index in [1.54, 1.807) is 42.7 Å². The van der Waals surface area contributed by atoms with Crippen molar-refractivity contribution in [2.24, 2.45) is 0 Å². The lowest BCUT2D eigenvalue weighted by Crippen LogP contribution is -2.30. The molecule has 7 nitrogen and oxygen atoms in total. The van der Waals surface area contributed by atoms with Gasteiger partial charge < -0.3 is 9.73 Å². The molecule has 3 rings (SSSR count). The number of thiazole rings is 1. The summed E-state index contributed by atoms with van der Waals surface area (Å²) in [6.07, 6.45) is 1.74. The molecule has 0 saturated heterocycles. The van der Waals surface area contributed by atoms with Crippen LogP contribution in [0, 0.1) is 0 Å². The van der Waals surface area contributed by atoms with Crippen molar-refractivity contribution in [3.63, 3.8) is 0 Å². The van der Waals surface area contributed by atoms with Gasteiger partial charge in [-0.3, -0.25) is 4.79 Å². The molecule has 2 heterocycles. The van der Waals surface area contributed by atoms with E-state index < -0.39 is 10.0 Å². The third-order valence-electron chi connectivity index (χ3n) is 4.40. The Morgan fingerprint density at radius 1 is 1.17 bits per heavy atom. The number of sulfonamides is 1. The molecule has 1 amide bonds.